The van der Waals surface area contributed by atoms with Crippen LogP contribution in [0.5, 0.6) is 5.75 Å². The molecule has 31 heavy (non-hydrogen) atoms. The fourth-order valence-corrected chi connectivity index (χ4v) is 4.56. The van der Waals surface area contributed by atoms with E-state index in [-0.39, 0.29) is 11.5 Å². The number of allylic oxidation sites excluding steroid dienone is 1. The first-order valence-electron chi connectivity index (χ1n) is 10.2. The zero-order valence-corrected chi connectivity index (χ0v) is 17.5. The molecule has 7 heteroatoms. The summed E-state index contributed by atoms with van der Waals surface area (Å²) in [6, 6.07) is 8.98. The first kappa shape index (κ1) is 21.0. The Bertz CT molecular complexity index is 1060. The summed E-state index contributed by atoms with van der Waals surface area (Å²) >= 11 is 0. The van der Waals surface area contributed by atoms with Gasteiger partial charge in [-0.1, -0.05) is 44.5 Å². The molecule has 0 heterocycles. The predicted octanol–water partition coefficient (Wildman–Crippen LogP) is 5.30. The van der Waals surface area contributed by atoms with E-state index in [2.05, 4.69) is 32.2 Å². The third-order valence-electron chi connectivity index (χ3n) is 6.53. The highest BCUT2D eigenvalue weighted by Gasteiger charge is 2.52. The lowest BCUT2D eigenvalue weighted by Crippen LogP contribution is -2.50. The van der Waals surface area contributed by atoms with Gasteiger partial charge in [-0.2, -0.15) is 0 Å². The van der Waals surface area contributed by atoms with Crippen molar-refractivity contribution in [2.24, 2.45) is 17.3 Å². The van der Waals surface area contributed by atoms with Crippen molar-refractivity contribution in [2.75, 3.05) is 5.32 Å². The van der Waals surface area contributed by atoms with Gasteiger partial charge in [0.2, 0.25) is 0 Å². The van der Waals surface area contributed by atoms with Crippen LogP contribution in [0.4, 0.5) is 19.3 Å². The molecule has 5 rings (SSSR count). The number of carbonyl (C=O) groups is 2. The lowest BCUT2D eigenvalue weighted by Gasteiger charge is -2.56. The Morgan fingerprint density at radius 2 is 1.74 bits per heavy atom. The number of para-hydroxylation sites is 2. The Kier molecular flexibility index (Phi) is 5.29. The molecule has 1 fully saturated rings. The van der Waals surface area contributed by atoms with E-state index in [1.165, 1.54) is 5.57 Å². The van der Waals surface area contributed by atoms with Crippen molar-refractivity contribution < 1.29 is 23.1 Å². The molecule has 0 saturated heterocycles. The van der Waals surface area contributed by atoms with E-state index >= 15 is 0 Å². The molecule has 3 aliphatic carbocycles. The van der Waals surface area contributed by atoms with Crippen molar-refractivity contribution >= 4 is 17.6 Å². The van der Waals surface area contributed by atoms with Crippen molar-refractivity contribution in [3.8, 4) is 5.75 Å². The molecule has 0 radical (unpaired) electrons. The minimum atomic E-state index is -1.17. The SMILES string of the molecule is CC1C(Oc2ccccc2NC(=O)NC(=O)c2c(F)cccc2F)C=C2CC1C2(C)C. The average Bonchev–Trinajstić information content (AvgIpc) is 2.70. The third kappa shape index (κ3) is 3.80. The summed E-state index contributed by atoms with van der Waals surface area (Å²) in [7, 11) is 0. The van der Waals surface area contributed by atoms with Crippen LogP contribution in [0.3, 0.4) is 0 Å². The van der Waals surface area contributed by atoms with Crippen molar-refractivity contribution in [3.05, 3.63) is 71.3 Å². The number of hydrogen-bond acceptors (Lipinski definition) is 3. The van der Waals surface area contributed by atoms with Crippen LogP contribution in [0.1, 0.15) is 37.6 Å². The van der Waals surface area contributed by atoms with Crippen molar-refractivity contribution in [3.63, 3.8) is 0 Å². The van der Waals surface area contributed by atoms with Crippen LogP contribution in [0.2, 0.25) is 0 Å². The number of halogens is 2. The maximum absolute atomic E-state index is 13.8. The monoisotopic (exact) mass is 426 g/mol. The Morgan fingerprint density at radius 3 is 2.39 bits per heavy atom. The van der Waals surface area contributed by atoms with E-state index in [9.17, 15) is 18.4 Å². The van der Waals surface area contributed by atoms with Crippen LogP contribution in [0, 0.1) is 28.9 Å². The van der Waals surface area contributed by atoms with Crippen molar-refractivity contribution in [1.82, 2.24) is 5.32 Å². The topological polar surface area (TPSA) is 67.4 Å². The van der Waals surface area contributed by atoms with Gasteiger partial charge in [0.25, 0.3) is 5.91 Å². The Hall–Kier alpha value is -3.22. The lowest BCUT2D eigenvalue weighted by atomic mass is 9.50. The van der Waals surface area contributed by atoms with Gasteiger partial charge < -0.3 is 10.1 Å². The summed E-state index contributed by atoms with van der Waals surface area (Å²) in [6.45, 7) is 6.65. The molecule has 0 aromatic heterocycles. The van der Waals surface area contributed by atoms with E-state index in [0.717, 1.165) is 24.6 Å². The van der Waals surface area contributed by atoms with Crippen LogP contribution < -0.4 is 15.4 Å². The highest BCUT2D eigenvalue weighted by atomic mass is 19.1. The molecule has 2 bridgehead atoms. The minimum Gasteiger partial charge on any atom is -0.484 e. The normalized spacial score (nSPS) is 23.3. The van der Waals surface area contributed by atoms with Gasteiger partial charge in [0.15, 0.2) is 0 Å². The highest BCUT2D eigenvalue weighted by Crippen LogP contribution is 2.58. The zero-order valence-electron chi connectivity index (χ0n) is 17.5. The largest absolute Gasteiger partial charge is 0.484 e. The molecule has 0 spiro atoms. The van der Waals surface area contributed by atoms with Crippen LogP contribution in [-0.2, 0) is 0 Å². The Balaban J connectivity index is 1.46. The molecule has 0 aliphatic heterocycles. The molecule has 3 amide bonds. The van der Waals surface area contributed by atoms with Crippen molar-refractivity contribution in [2.45, 2.75) is 33.3 Å². The van der Waals surface area contributed by atoms with Crippen LogP contribution in [0.25, 0.3) is 0 Å². The number of imide groups is 1. The van der Waals surface area contributed by atoms with Crippen LogP contribution in [-0.4, -0.2) is 18.0 Å². The second-order valence-corrected chi connectivity index (χ2v) is 8.67. The molecular weight excluding hydrogens is 402 g/mol. The number of carbonyl (C=O) groups excluding carboxylic acids is 2. The number of nitrogens with one attached hydrogen (secondary N) is 2. The number of rotatable bonds is 4. The molecule has 3 atom stereocenters. The molecule has 5 nitrogen and oxygen atoms in total. The minimum absolute atomic E-state index is 0.123. The quantitative estimate of drug-likeness (QED) is 0.653. The van der Waals surface area contributed by atoms with Gasteiger partial charge in [-0.3, -0.25) is 10.1 Å². The zero-order chi connectivity index (χ0) is 22.3. The number of benzene rings is 2. The van der Waals surface area contributed by atoms with Gasteiger partial charge in [0, 0.05) is 5.92 Å². The Labute approximate surface area is 179 Å². The second-order valence-electron chi connectivity index (χ2n) is 8.67. The summed E-state index contributed by atoms with van der Waals surface area (Å²) in [6.07, 6.45) is 3.12. The molecular formula is C24H24F2N2O3. The maximum Gasteiger partial charge on any atom is 0.326 e. The highest BCUT2D eigenvalue weighted by molar-refractivity contribution is 6.08. The molecule has 3 aliphatic rings. The predicted molar refractivity (Wildman–Crippen MR) is 113 cm³/mol. The standard InChI is InChI=1S/C24H24F2N2O3/c1-13-15-11-14(24(15,2)3)12-20(13)31-19-10-5-4-9-18(19)27-23(30)28-22(29)21-16(25)7-6-8-17(21)26/h4-10,12-13,15,20H,11H2,1-3H3,(H2,27,28,29,30). The second kappa shape index (κ2) is 7.80. The van der Waals surface area contributed by atoms with Gasteiger partial charge in [0.1, 0.15) is 29.1 Å². The molecule has 1 saturated carbocycles. The molecule has 3 unspecified atom stereocenters. The van der Waals surface area contributed by atoms with Gasteiger partial charge in [-0.25, -0.2) is 13.6 Å². The molecule has 2 aromatic rings. The summed E-state index contributed by atoms with van der Waals surface area (Å²) < 4.78 is 33.7. The van der Waals surface area contributed by atoms with Gasteiger partial charge in [0.05, 0.1) is 5.69 Å². The smallest absolute Gasteiger partial charge is 0.326 e. The molecule has 162 valence electrons. The summed E-state index contributed by atoms with van der Waals surface area (Å²) in [4.78, 5) is 24.5. The molecule has 2 N–H and O–H groups in total. The number of anilines is 1. The molecule has 2 aromatic carbocycles. The summed E-state index contributed by atoms with van der Waals surface area (Å²) in [5.74, 6) is -1.96. The fraction of sp³-hybridized carbons (Fsp3) is 0.333. The van der Waals surface area contributed by atoms with Gasteiger partial charge >= 0.3 is 6.03 Å². The number of ether oxygens (including phenoxy) is 1. The lowest BCUT2D eigenvalue weighted by molar-refractivity contribution is 0.0188. The van der Waals surface area contributed by atoms with Crippen molar-refractivity contribution in [1.29, 1.82) is 0 Å². The fourth-order valence-electron chi connectivity index (χ4n) is 4.56. The summed E-state index contributed by atoms with van der Waals surface area (Å²) in [5.41, 5.74) is 1.11. The first-order valence-corrected chi connectivity index (χ1v) is 10.2. The number of amides is 3. The van der Waals surface area contributed by atoms with Crippen LogP contribution >= 0.6 is 0 Å². The maximum atomic E-state index is 13.8. The number of urea groups is 1. The van der Waals surface area contributed by atoms with Gasteiger partial charge in [-0.15, -0.1) is 0 Å². The summed E-state index contributed by atoms with van der Waals surface area (Å²) in [5, 5.41) is 4.49. The van der Waals surface area contributed by atoms with E-state index in [4.69, 9.17) is 4.74 Å². The number of hydrogen-bond donors (Lipinski definition) is 2. The third-order valence-corrected chi connectivity index (χ3v) is 6.53. The number of fused-ring (bicyclic) bond motifs is 2. The van der Waals surface area contributed by atoms with E-state index in [0.29, 0.717) is 23.3 Å². The van der Waals surface area contributed by atoms with Crippen LogP contribution in [0.15, 0.2) is 54.1 Å². The first-order chi connectivity index (χ1) is 14.7. The average molecular weight is 426 g/mol. The van der Waals surface area contributed by atoms with E-state index in [1.807, 2.05) is 5.32 Å². The van der Waals surface area contributed by atoms with Gasteiger partial charge in [-0.05, 0) is 48.1 Å². The van der Waals surface area contributed by atoms with E-state index in [1.54, 1.807) is 24.3 Å². The van der Waals surface area contributed by atoms with E-state index < -0.39 is 29.1 Å². The Morgan fingerprint density at radius 1 is 1.06 bits per heavy atom.